The maximum atomic E-state index is 12.4. The summed E-state index contributed by atoms with van der Waals surface area (Å²) in [6.07, 6.45) is 40.4. The monoisotopic (exact) mass is 752 g/mol. The minimum absolute atomic E-state index is 0.325. The first-order valence-electron chi connectivity index (χ1n) is 22.7. The Labute approximate surface area is 326 Å². The van der Waals surface area contributed by atoms with Gasteiger partial charge in [0.25, 0.3) is 0 Å². The van der Waals surface area contributed by atoms with E-state index in [-0.39, 0.29) is 0 Å². The van der Waals surface area contributed by atoms with Gasteiger partial charge >= 0.3 is 6.16 Å². The highest BCUT2D eigenvalue weighted by Gasteiger charge is 2.24. The molecular weight excluding hydrogens is 666 g/mol. The number of unbranched alkanes of at least 4 members (excludes halogenated alkanes) is 30. The van der Waals surface area contributed by atoms with E-state index in [4.69, 9.17) is 19.0 Å². The van der Waals surface area contributed by atoms with Crippen molar-refractivity contribution in [2.45, 2.75) is 238 Å². The molecule has 0 aliphatic carbocycles. The van der Waals surface area contributed by atoms with Crippen molar-refractivity contribution in [3.63, 3.8) is 0 Å². The summed E-state index contributed by atoms with van der Waals surface area (Å²) in [5.74, 6) is -0.795. The van der Waals surface area contributed by atoms with Gasteiger partial charge in [0.1, 0.15) is 12.2 Å². The molecule has 1 rings (SSSR count). The number of aromatic hydroxyl groups is 2. The summed E-state index contributed by atoms with van der Waals surface area (Å²) in [5, 5.41) is 19.6. The van der Waals surface area contributed by atoms with Crippen molar-refractivity contribution < 1.29 is 34.1 Å². The van der Waals surface area contributed by atoms with Crippen LogP contribution in [0.2, 0.25) is 0 Å². The van der Waals surface area contributed by atoms with E-state index in [2.05, 4.69) is 13.8 Å². The Bertz CT molecular complexity index is 903. The lowest BCUT2D eigenvalue weighted by Crippen LogP contribution is -2.37. The lowest BCUT2D eigenvalue weighted by atomic mass is 10.0. The minimum atomic E-state index is -1.03. The first-order valence-corrected chi connectivity index (χ1v) is 22.7. The molecule has 1 heterocycles. The molecule has 0 saturated carbocycles. The summed E-state index contributed by atoms with van der Waals surface area (Å²) in [5.41, 5.74) is 0. The number of carbonyl (C=O) groups excluding carboxylic acids is 1. The Morgan fingerprint density at radius 2 is 0.849 bits per heavy atom. The van der Waals surface area contributed by atoms with Crippen LogP contribution in [0.1, 0.15) is 226 Å². The number of ether oxygens (including phenoxy) is 3. The van der Waals surface area contributed by atoms with Crippen molar-refractivity contribution in [3.05, 3.63) is 12.1 Å². The summed E-state index contributed by atoms with van der Waals surface area (Å²) >= 11 is 0. The van der Waals surface area contributed by atoms with Crippen molar-refractivity contribution in [2.24, 2.45) is 0 Å². The van der Waals surface area contributed by atoms with E-state index in [1.165, 1.54) is 192 Å². The Hall–Kier alpha value is -1.93. The van der Waals surface area contributed by atoms with Crippen LogP contribution >= 0.6 is 0 Å². The van der Waals surface area contributed by atoms with Crippen LogP contribution in [-0.2, 0) is 14.2 Å². The third kappa shape index (κ3) is 30.0. The summed E-state index contributed by atoms with van der Waals surface area (Å²) in [6, 6.07) is 2.45. The topological polar surface area (TPSA) is 99.4 Å². The van der Waals surface area contributed by atoms with Gasteiger partial charge < -0.3 is 24.4 Å². The zero-order chi connectivity index (χ0) is 38.5. The lowest BCUT2D eigenvalue weighted by molar-refractivity contribution is -0.0906. The Balaban J connectivity index is 2.18. The van der Waals surface area contributed by atoms with Crippen LogP contribution in [0.5, 0.6) is 11.8 Å². The molecule has 1 aromatic heterocycles. The summed E-state index contributed by atoms with van der Waals surface area (Å²) < 4.78 is 18.3. The molecule has 0 radical (unpaired) electrons. The molecule has 0 aliphatic heterocycles. The zero-order valence-electron chi connectivity index (χ0n) is 34.9. The van der Waals surface area contributed by atoms with E-state index < -0.39 is 30.1 Å². The highest BCUT2D eigenvalue weighted by Crippen LogP contribution is 2.20. The molecule has 2 atom stereocenters. The molecule has 53 heavy (non-hydrogen) atoms. The zero-order valence-corrected chi connectivity index (χ0v) is 34.9. The Kier molecular flexibility index (Phi) is 34.3. The molecule has 8 nitrogen and oxygen atoms in total. The first kappa shape index (κ1) is 49.1. The maximum absolute atomic E-state index is 12.4. The number of hydrogen-bond donors (Lipinski definition) is 2. The molecule has 0 bridgehead atoms. The molecule has 8 heteroatoms. The van der Waals surface area contributed by atoms with Gasteiger partial charge in [0.15, 0.2) is 0 Å². The largest absolute Gasteiger partial charge is 0.534 e. The van der Waals surface area contributed by atoms with Crippen molar-refractivity contribution >= 4 is 6.16 Å². The molecule has 0 spiro atoms. The van der Waals surface area contributed by atoms with Gasteiger partial charge in [0.2, 0.25) is 11.8 Å². The molecular formula is C45H85NO7. The van der Waals surface area contributed by atoms with Gasteiger partial charge in [-0.05, 0) is 19.8 Å². The SMILES string of the molecule is CCCCCCCCCCCCCCCCCCOC[C@@H](OCCCCCCCCCCCCCCCCCC)[C@@H](C)OC(=O)On1c(O)ccc1O. The highest BCUT2D eigenvalue weighted by atomic mass is 16.8. The third-order valence-electron chi connectivity index (χ3n) is 10.5. The van der Waals surface area contributed by atoms with Crippen LogP contribution in [0.25, 0.3) is 0 Å². The second-order valence-corrected chi connectivity index (χ2v) is 15.6. The molecule has 1 aromatic rings. The smallest absolute Gasteiger partial charge is 0.492 e. The van der Waals surface area contributed by atoms with Crippen LogP contribution in [0, 0.1) is 0 Å². The molecule has 312 valence electrons. The number of carbonyl (C=O) groups is 1. The molecule has 0 fully saturated rings. The number of rotatable bonds is 40. The van der Waals surface area contributed by atoms with Gasteiger partial charge in [-0.1, -0.05) is 206 Å². The highest BCUT2D eigenvalue weighted by molar-refractivity contribution is 5.61. The average Bonchev–Trinajstić information content (AvgIpc) is 3.46. The number of aromatic nitrogens is 1. The quantitative estimate of drug-likeness (QED) is 0.0509. The van der Waals surface area contributed by atoms with Gasteiger partial charge in [0.05, 0.1) is 6.61 Å². The van der Waals surface area contributed by atoms with Crippen molar-refractivity contribution in [2.75, 3.05) is 19.8 Å². The van der Waals surface area contributed by atoms with E-state index in [1.54, 1.807) is 6.92 Å². The van der Waals surface area contributed by atoms with Crippen molar-refractivity contribution in [3.8, 4) is 11.8 Å². The van der Waals surface area contributed by atoms with Gasteiger partial charge in [-0.3, -0.25) is 4.84 Å². The second kappa shape index (κ2) is 37.0. The summed E-state index contributed by atoms with van der Waals surface area (Å²) in [7, 11) is 0. The van der Waals surface area contributed by atoms with Gasteiger partial charge in [0, 0.05) is 25.3 Å². The van der Waals surface area contributed by atoms with Gasteiger partial charge in [-0.25, -0.2) is 4.79 Å². The maximum Gasteiger partial charge on any atom is 0.534 e. The Morgan fingerprint density at radius 1 is 0.528 bits per heavy atom. The normalized spacial score (nSPS) is 12.7. The molecule has 0 aliphatic rings. The van der Waals surface area contributed by atoms with E-state index in [0.717, 1.165) is 25.7 Å². The van der Waals surface area contributed by atoms with Crippen LogP contribution in [0.3, 0.4) is 0 Å². The lowest BCUT2D eigenvalue weighted by Gasteiger charge is -2.24. The fraction of sp³-hybridized carbons (Fsp3) is 0.889. The Morgan fingerprint density at radius 3 is 1.21 bits per heavy atom. The van der Waals surface area contributed by atoms with Gasteiger partial charge in [-0.15, -0.1) is 4.73 Å². The fourth-order valence-corrected chi connectivity index (χ4v) is 6.97. The molecule has 0 amide bonds. The standard InChI is InChI=1S/C45H85NO7/c1-4-6-8-10-12-14-16-18-20-22-24-26-28-30-32-34-38-50-40-42(41(3)52-45(49)53-46-43(47)36-37-44(46)48)51-39-35-33-31-29-27-25-23-21-19-17-15-13-11-9-7-5-2/h36-37,41-42,47-48H,4-35,38-40H2,1-3H3/t41-,42-/m1/s1. The van der Waals surface area contributed by atoms with Crippen molar-refractivity contribution in [1.82, 2.24) is 4.73 Å². The summed E-state index contributed by atoms with van der Waals surface area (Å²) in [4.78, 5) is 17.4. The van der Waals surface area contributed by atoms with Gasteiger partial charge in [-0.2, -0.15) is 0 Å². The van der Waals surface area contributed by atoms with Crippen LogP contribution in [-0.4, -0.2) is 53.1 Å². The summed E-state index contributed by atoms with van der Waals surface area (Å²) in [6.45, 7) is 7.87. The van der Waals surface area contributed by atoms with E-state index in [0.29, 0.717) is 24.6 Å². The number of hydrogen-bond acceptors (Lipinski definition) is 7. The fourth-order valence-electron chi connectivity index (χ4n) is 6.97. The number of nitrogens with zero attached hydrogens (tertiary/aromatic N) is 1. The molecule has 2 N–H and O–H groups in total. The molecule has 0 saturated heterocycles. The minimum Gasteiger partial charge on any atom is -0.492 e. The van der Waals surface area contributed by atoms with Crippen LogP contribution < -0.4 is 4.84 Å². The third-order valence-corrected chi connectivity index (χ3v) is 10.5. The average molecular weight is 752 g/mol. The predicted molar refractivity (Wildman–Crippen MR) is 220 cm³/mol. The molecule has 0 aromatic carbocycles. The van der Waals surface area contributed by atoms with Crippen molar-refractivity contribution in [1.29, 1.82) is 0 Å². The van der Waals surface area contributed by atoms with Crippen LogP contribution in [0.4, 0.5) is 4.79 Å². The van der Waals surface area contributed by atoms with E-state index in [9.17, 15) is 15.0 Å². The predicted octanol–water partition coefficient (Wildman–Crippen LogP) is 13.8. The molecule has 0 unspecified atom stereocenters. The first-order chi connectivity index (χ1) is 26.0. The van der Waals surface area contributed by atoms with E-state index >= 15 is 0 Å². The second-order valence-electron chi connectivity index (χ2n) is 15.6. The van der Waals surface area contributed by atoms with E-state index in [1.807, 2.05) is 0 Å². The van der Waals surface area contributed by atoms with Crippen LogP contribution in [0.15, 0.2) is 12.1 Å².